The summed E-state index contributed by atoms with van der Waals surface area (Å²) >= 11 is 7.46. The van der Waals surface area contributed by atoms with E-state index in [1.807, 2.05) is 48.5 Å². The third kappa shape index (κ3) is 3.38. The van der Waals surface area contributed by atoms with Crippen molar-refractivity contribution in [3.05, 3.63) is 76.5 Å². The molecular weight excluding hydrogens is 466 g/mol. The van der Waals surface area contributed by atoms with E-state index in [9.17, 15) is 19.5 Å². The molecule has 0 bridgehead atoms. The van der Waals surface area contributed by atoms with Gasteiger partial charge in [-0.2, -0.15) is 0 Å². The van der Waals surface area contributed by atoms with Crippen LogP contribution in [0, 0.1) is 0 Å². The van der Waals surface area contributed by atoms with Gasteiger partial charge in [0.1, 0.15) is 35.1 Å². The zero-order chi connectivity index (χ0) is 23.3. The minimum atomic E-state index is -1.26. The average molecular weight is 486 g/mol. The van der Waals surface area contributed by atoms with Crippen molar-refractivity contribution in [1.29, 1.82) is 0 Å². The summed E-state index contributed by atoms with van der Waals surface area (Å²) in [5.41, 5.74) is 1.28. The minimum absolute atomic E-state index is 0.116. The quantitative estimate of drug-likeness (QED) is 0.628. The monoisotopic (exact) mass is 485 g/mol. The molecule has 8 nitrogen and oxygen atoms in total. The number of methoxy groups -OCH3 is 1. The van der Waals surface area contributed by atoms with Gasteiger partial charge in [0.2, 0.25) is 5.91 Å². The topological polar surface area (TPSA) is 99.2 Å². The predicted molar refractivity (Wildman–Crippen MR) is 122 cm³/mol. The van der Waals surface area contributed by atoms with Crippen molar-refractivity contribution in [3.63, 3.8) is 0 Å². The van der Waals surface area contributed by atoms with Crippen LogP contribution in [0.5, 0.6) is 5.75 Å². The second-order valence-corrected chi connectivity index (χ2v) is 9.37. The van der Waals surface area contributed by atoms with Gasteiger partial charge >= 0.3 is 5.97 Å². The minimum Gasteiger partial charge on any atom is -0.496 e. The van der Waals surface area contributed by atoms with Crippen molar-refractivity contribution in [2.45, 2.75) is 23.6 Å². The van der Waals surface area contributed by atoms with Crippen molar-refractivity contribution >= 4 is 41.1 Å². The van der Waals surface area contributed by atoms with Crippen LogP contribution in [0.25, 0.3) is 0 Å². The molecule has 0 radical (unpaired) electrons. The number of β-lactam (4-membered cyclic amide) rings is 1. The van der Waals surface area contributed by atoms with E-state index in [1.165, 1.54) is 21.6 Å². The first-order chi connectivity index (χ1) is 15.9. The number of carboxylic acids is 1. The van der Waals surface area contributed by atoms with Gasteiger partial charge < -0.3 is 14.7 Å². The van der Waals surface area contributed by atoms with Crippen LogP contribution < -0.4 is 10.1 Å². The molecule has 170 valence electrons. The molecule has 2 unspecified atom stereocenters. The standard InChI is InChI=1S/C23H20ClN3O5S/c1-32-15-10-6-5-9-13(15)19-25-16(12-7-3-2-4-8-12)20(28)26(19)18-21(29)27-17(23(30)31)14(24)11-33-22(18)27/h2-10,16,18-19,22,25H,11H2,1H3,(H,30,31)/t16?,18-,19?,22+/m1/s1. The van der Waals surface area contributed by atoms with Gasteiger partial charge in [-0.25, -0.2) is 4.79 Å². The molecule has 33 heavy (non-hydrogen) atoms. The highest BCUT2D eigenvalue weighted by Crippen LogP contribution is 2.48. The maximum atomic E-state index is 13.7. The second-order valence-electron chi connectivity index (χ2n) is 7.81. The Morgan fingerprint density at radius 3 is 2.52 bits per heavy atom. The Morgan fingerprint density at radius 2 is 1.82 bits per heavy atom. The molecule has 2 aromatic carbocycles. The molecule has 0 saturated carbocycles. The number of hydrogen-bond acceptors (Lipinski definition) is 6. The lowest BCUT2D eigenvalue weighted by Crippen LogP contribution is -2.71. The summed E-state index contributed by atoms with van der Waals surface area (Å²) in [7, 11) is 1.55. The number of halogens is 1. The van der Waals surface area contributed by atoms with Crippen LogP contribution in [0.3, 0.4) is 0 Å². The van der Waals surface area contributed by atoms with Crippen LogP contribution in [0.15, 0.2) is 65.3 Å². The maximum absolute atomic E-state index is 13.7. The molecule has 10 heteroatoms. The summed E-state index contributed by atoms with van der Waals surface area (Å²) in [5.74, 6) is -1.15. The number of hydrogen-bond donors (Lipinski definition) is 2. The van der Waals surface area contributed by atoms with Crippen LogP contribution in [0.2, 0.25) is 0 Å². The summed E-state index contributed by atoms with van der Waals surface area (Å²) < 4.78 is 5.53. The van der Waals surface area contributed by atoms with E-state index in [1.54, 1.807) is 13.2 Å². The zero-order valence-corrected chi connectivity index (χ0v) is 19.0. The van der Waals surface area contributed by atoms with E-state index in [0.717, 1.165) is 5.56 Å². The summed E-state index contributed by atoms with van der Waals surface area (Å²) in [6.07, 6.45) is -0.634. The number of benzene rings is 2. The smallest absolute Gasteiger partial charge is 0.353 e. The molecule has 2 amide bonds. The Hall–Kier alpha value is -3.01. The van der Waals surface area contributed by atoms with Gasteiger partial charge in [0.25, 0.3) is 5.91 Å². The first-order valence-corrected chi connectivity index (χ1v) is 11.7. The second kappa shape index (κ2) is 8.40. The molecule has 3 heterocycles. The zero-order valence-electron chi connectivity index (χ0n) is 17.5. The van der Waals surface area contributed by atoms with Gasteiger partial charge in [-0.05, 0) is 11.6 Å². The molecule has 3 aliphatic heterocycles. The highest BCUT2D eigenvalue weighted by molar-refractivity contribution is 8.00. The normalized spacial score (nSPS) is 26.8. The van der Waals surface area contributed by atoms with Gasteiger partial charge in [-0.1, -0.05) is 60.1 Å². The number of carbonyl (C=O) groups excluding carboxylic acids is 2. The molecular formula is C23H20ClN3O5S. The molecule has 2 aromatic rings. The average Bonchev–Trinajstić information content (AvgIpc) is 3.15. The molecule has 4 atom stereocenters. The van der Waals surface area contributed by atoms with E-state index < -0.39 is 35.5 Å². The summed E-state index contributed by atoms with van der Waals surface area (Å²) in [4.78, 5) is 41.4. The molecule has 2 saturated heterocycles. The molecule has 2 N–H and O–H groups in total. The van der Waals surface area contributed by atoms with Gasteiger partial charge in [0, 0.05) is 11.3 Å². The summed E-state index contributed by atoms with van der Waals surface area (Å²) in [5, 5.41) is 12.5. The van der Waals surface area contributed by atoms with E-state index in [0.29, 0.717) is 11.3 Å². The van der Waals surface area contributed by atoms with Crippen LogP contribution in [0.4, 0.5) is 0 Å². The van der Waals surface area contributed by atoms with Crippen LogP contribution >= 0.6 is 23.4 Å². The molecule has 0 aromatic heterocycles. The summed E-state index contributed by atoms with van der Waals surface area (Å²) in [6, 6.07) is 15.1. The van der Waals surface area contributed by atoms with Crippen molar-refractivity contribution in [2.24, 2.45) is 0 Å². The largest absolute Gasteiger partial charge is 0.496 e. The van der Waals surface area contributed by atoms with Crippen molar-refractivity contribution in [1.82, 2.24) is 15.1 Å². The third-order valence-electron chi connectivity index (χ3n) is 6.07. The van der Waals surface area contributed by atoms with Gasteiger partial charge in [-0.3, -0.25) is 19.8 Å². The number of para-hydroxylation sites is 1. The van der Waals surface area contributed by atoms with Crippen LogP contribution in [0.1, 0.15) is 23.3 Å². The Balaban J connectivity index is 1.56. The van der Waals surface area contributed by atoms with E-state index in [-0.39, 0.29) is 22.4 Å². The Bertz CT molecular complexity index is 1170. The van der Waals surface area contributed by atoms with Crippen molar-refractivity contribution < 1.29 is 24.2 Å². The number of nitrogens with zero attached hydrogens (tertiary/aromatic N) is 2. The SMILES string of the molecule is COc1ccccc1C1NC(c2ccccc2)C(=O)N1[C@@H]1C(=O)N2C(C(=O)O)=C(Cl)CS[C@@H]12. The Labute approximate surface area is 199 Å². The predicted octanol–water partition coefficient (Wildman–Crippen LogP) is 2.69. The molecule has 2 fully saturated rings. The van der Waals surface area contributed by atoms with E-state index in [4.69, 9.17) is 16.3 Å². The number of fused-ring (bicyclic) bond motifs is 1. The van der Waals surface area contributed by atoms with Gasteiger partial charge in [0.15, 0.2) is 0 Å². The third-order valence-corrected chi connectivity index (χ3v) is 7.80. The number of thioether (sulfide) groups is 1. The number of nitrogens with one attached hydrogen (secondary N) is 1. The fraction of sp³-hybridized carbons (Fsp3) is 0.261. The Kier molecular flexibility index (Phi) is 5.55. The lowest BCUT2D eigenvalue weighted by atomic mass is 10.00. The number of rotatable bonds is 5. The highest BCUT2D eigenvalue weighted by Gasteiger charge is 2.60. The Morgan fingerprint density at radius 1 is 1.12 bits per heavy atom. The molecule has 0 spiro atoms. The molecule has 0 aliphatic carbocycles. The first-order valence-electron chi connectivity index (χ1n) is 10.3. The first kappa shape index (κ1) is 21.8. The lowest BCUT2D eigenvalue weighted by Gasteiger charge is -2.52. The van der Waals surface area contributed by atoms with Crippen molar-refractivity contribution in [2.75, 3.05) is 12.9 Å². The van der Waals surface area contributed by atoms with Crippen LogP contribution in [-0.4, -0.2) is 57.0 Å². The number of ether oxygens (including phenoxy) is 1. The number of aliphatic carboxylic acids is 1. The fourth-order valence-corrected chi connectivity index (χ4v) is 6.19. The van der Waals surface area contributed by atoms with Gasteiger partial charge in [0.05, 0.1) is 12.1 Å². The fourth-order valence-electron chi connectivity index (χ4n) is 4.58. The molecule has 3 aliphatic rings. The number of carbonyl (C=O) groups is 3. The summed E-state index contributed by atoms with van der Waals surface area (Å²) in [6.45, 7) is 0. The van der Waals surface area contributed by atoms with Crippen molar-refractivity contribution in [3.8, 4) is 5.75 Å². The number of carboxylic acid groups (broad SMARTS) is 1. The van der Waals surface area contributed by atoms with E-state index in [2.05, 4.69) is 5.32 Å². The number of amides is 2. The molecule has 5 rings (SSSR count). The highest BCUT2D eigenvalue weighted by atomic mass is 35.5. The van der Waals surface area contributed by atoms with Gasteiger partial charge in [-0.15, -0.1) is 11.8 Å². The lowest BCUT2D eigenvalue weighted by molar-refractivity contribution is -0.160. The van der Waals surface area contributed by atoms with E-state index >= 15 is 0 Å². The van der Waals surface area contributed by atoms with Crippen LogP contribution in [-0.2, 0) is 14.4 Å². The maximum Gasteiger partial charge on any atom is 0.353 e.